The normalized spacial score (nSPS) is 10.9. The highest BCUT2D eigenvalue weighted by Gasteiger charge is 2.15. The minimum absolute atomic E-state index is 0.247. The summed E-state index contributed by atoms with van der Waals surface area (Å²) in [6.07, 6.45) is 1.76. The van der Waals surface area contributed by atoms with E-state index in [0.717, 1.165) is 23.1 Å². The quantitative estimate of drug-likeness (QED) is 0.760. The Labute approximate surface area is 105 Å². The lowest BCUT2D eigenvalue weighted by molar-refractivity contribution is 0.284. The summed E-state index contributed by atoms with van der Waals surface area (Å²) < 4.78 is 6.62. The molecule has 0 saturated carbocycles. The van der Waals surface area contributed by atoms with E-state index in [1.165, 1.54) is 0 Å². The third-order valence-electron chi connectivity index (χ3n) is 2.33. The summed E-state index contributed by atoms with van der Waals surface area (Å²) in [4.78, 5) is 0. The monoisotopic (exact) mass is 281 g/mol. The van der Waals surface area contributed by atoms with Crippen molar-refractivity contribution in [3.8, 4) is 11.8 Å². The van der Waals surface area contributed by atoms with Crippen molar-refractivity contribution in [3.05, 3.63) is 28.7 Å². The van der Waals surface area contributed by atoms with Crippen molar-refractivity contribution in [3.63, 3.8) is 0 Å². The Bertz CT molecular complexity index is 365. The average molecular weight is 282 g/mol. The molecular formula is C13H16BrNO. The molecule has 1 aromatic carbocycles. The SMILES string of the molecule is CC(C)(C#N)CCCOc1ccc(Br)cc1. The minimum Gasteiger partial charge on any atom is -0.494 e. The highest BCUT2D eigenvalue weighted by molar-refractivity contribution is 9.10. The van der Waals surface area contributed by atoms with Gasteiger partial charge in [0.1, 0.15) is 5.75 Å². The largest absolute Gasteiger partial charge is 0.494 e. The zero-order chi connectivity index (χ0) is 12.0. The van der Waals surface area contributed by atoms with Gasteiger partial charge in [0, 0.05) is 4.47 Å². The first-order valence-electron chi connectivity index (χ1n) is 5.33. The molecule has 0 unspecified atom stereocenters. The fourth-order valence-corrected chi connectivity index (χ4v) is 1.56. The van der Waals surface area contributed by atoms with E-state index in [-0.39, 0.29) is 5.41 Å². The Morgan fingerprint density at radius 1 is 1.31 bits per heavy atom. The zero-order valence-electron chi connectivity index (χ0n) is 9.66. The number of hydrogen-bond acceptors (Lipinski definition) is 2. The minimum atomic E-state index is -0.247. The van der Waals surface area contributed by atoms with E-state index >= 15 is 0 Å². The second kappa shape index (κ2) is 5.91. The standard InChI is InChI=1S/C13H16BrNO/c1-13(2,10-15)8-3-9-16-12-6-4-11(14)5-7-12/h4-7H,3,8-9H2,1-2H3. The molecule has 0 atom stereocenters. The van der Waals surface area contributed by atoms with Crippen LogP contribution in [0.3, 0.4) is 0 Å². The van der Waals surface area contributed by atoms with Crippen LogP contribution in [0.2, 0.25) is 0 Å². The number of nitrogens with zero attached hydrogens (tertiary/aromatic N) is 1. The van der Waals surface area contributed by atoms with E-state index in [4.69, 9.17) is 10.00 Å². The van der Waals surface area contributed by atoms with Gasteiger partial charge in [0.25, 0.3) is 0 Å². The maximum absolute atomic E-state index is 8.84. The molecule has 0 spiro atoms. The summed E-state index contributed by atoms with van der Waals surface area (Å²) in [5, 5.41) is 8.84. The van der Waals surface area contributed by atoms with Gasteiger partial charge < -0.3 is 4.74 Å². The summed E-state index contributed by atoms with van der Waals surface area (Å²) in [7, 11) is 0. The molecule has 0 aliphatic heterocycles. The summed E-state index contributed by atoms with van der Waals surface area (Å²) >= 11 is 3.37. The van der Waals surface area contributed by atoms with Crippen LogP contribution >= 0.6 is 15.9 Å². The molecule has 0 aliphatic carbocycles. The summed E-state index contributed by atoms with van der Waals surface area (Å²) in [5.74, 6) is 0.873. The Balaban J connectivity index is 2.27. The molecule has 1 rings (SSSR count). The molecule has 0 fully saturated rings. The first kappa shape index (κ1) is 13.1. The molecule has 0 amide bonds. The van der Waals surface area contributed by atoms with Gasteiger partial charge in [0.05, 0.1) is 18.1 Å². The Hall–Kier alpha value is -1.01. The third kappa shape index (κ3) is 4.67. The number of rotatable bonds is 5. The van der Waals surface area contributed by atoms with Crippen molar-refractivity contribution in [1.82, 2.24) is 0 Å². The van der Waals surface area contributed by atoms with Crippen LogP contribution in [0, 0.1) is 16.7 Å². The van der Waals surface area contributed by atoms with Crippen LogP contribution in [-0.4, -0.2) is 6.61 Å². The van der Waals surface area contributed by atoms with Crippen LogP contribution in [0.15, 0.2) is 28.7 Å². The molecule has 0 N–H and O–H groups in total. The molecule has 0 aromatic heterocycles. The topological polar surface area (TPSA) is 33.0 Å². The molecule has 1 aromatic rings. The fraction of sp³-hybridized carbons (Fsp3) is 0.462. The van der Waals surface area contributed by atoms with Gasteiger partial charge in [-0.2, -0.15) is 5.26 Å². The van der Waals surface area contributed by atoms with Gasteiger partial charge in [-0.05, 0) is 51.0 Å². The van der Waals surface area contributed by atoms with E-state index in [9.17, 15) is 0 Å². The molecule has 16 heavy (non-hydrogen) atoms. The molecule has 0 radical (unpaired) electrons. The van der Waals surface area contributed by atoms with E-state index in [2.05, 4.69) is 22.0 Å². The summed E-state index contributed by atoms with van der Waals surface area (Å²) in [6.45, 7) is 4.56. The van der Waals surface area contributed by atoms with Crippen LogP contribution in [0.5, 0.6) is 5.75 Å². The van der Waals surface area contributed by atoms with Gasteiger partial charge in [-0.15, -0.1) is 0 Å². The number of halogens is 1. The highest BCUT2D eigenvalue weighted by Crippen LogP contribution is 2.21. The number of ether oxygens (including phenoxy) is 1. The van der Waals surface area contributed by atoms with Gasteiger partial charge in [0.2, 0.25) is 0 Å². The Morgan fingerprint density at radius 3 is 2.50 bits per heavy atom. The highest BCUT2D eigenvalue weighted by atomic mass is 79.9. The molecule has 0 bridgehead atoms. The molecule has 3 heteroatoms. The Morgan fingerprint density at radius 2 is 1.94 bits per heavy atom. The molecule has 0 saturated heterocycles. The average Bonchev–Trinajstić information content (AvgIpc) is 2.27. The predicted octanol–water partition coefficient (Wildman–Crippen LogP) is 4.16. The van der Waals surface area contributed by atoms with Crippen molar-refractivity contribution in [2.24, 2.45) is 5.41 Å². The van der Waals surface area contributed by atoms with Crippen LogP contribution in [0.4, 0.5) is 0 Å². The molecule has 86 valence electrons. The lowest BCUT2D eigenvalue weighted by atomic mass is 9.90. The maximum atomic E-state index is 8.84. The number of benzene rings is 1. The van der Waals surface area contributed by atoms with E-state index in [1.807, 2.05) is 38.1 Å². The van der Waals surface area contributed by atoms with Gasteiger partial charge in [0.15, 0.2) is 0 Å². The smallest absolute Gasteiger partial charge is 0.119 e. The lowest BCUT2D eigenvalue weighted by Crippen LogP contribution is -2.10. The van der Waals surface area contributed by atoms with Gasteiger partial charge in [-0.3, -0.25) is 0 Å². The van der Waals surface area contributed by atoms with Gasteiger partial charge in [-0.1, -0.05) is 15.9 Å². The fourth-order valence-electron chi connectivity index (χ4n) is 1.29. The first-order valence-corrected chi connectivity index (χ1v) is 6.12. The van der Waals surface area contributed by atoms with Crippen molar-refractivity contribution in [2.45, 2.75) is 26.7 Å². The van der Waals surface area contributed by atoms with Crippen LogP contribution in [0.1, 0.15) is 26.7 Å². The molecule has 2 nitrogen and oxygen atoms in total. The van der Waals surface area contributed by atoms with Crippen molar-refractivity contribution in [1.29, 1.82) is 5.26 Å². The van der Waals surface area contributed by atoms with Gasteiger partial charge >= 0.3 is 0 Å². The second-order valence-corrected chi connectivity index (χ2v) is 5.32. The predicted molar refractivity (Wildman–Crippen MR) is 68.3 cm³/mol. The van der Waals surface area contributed by atoms with Crippen LogP contribution < -0.4 is 4.74 Å². The summed E-state index contributed by atoms with van der Waals surface area (Å²) in [5.41, 5.74) is -0.247. The van der Waals surface area contributed by atoms with Crippen molar-refractivity contribution < 1.29 is 4.74 Å². The summed E-state index contributed by atoms with van der Waals surface area (Å²) in [6, 6.07) is 10.1. The Kier molecular flexibility index (Phi) is 4.82. The van der Waals surface area contributed by atoms with Crippen LogP contribution in [-0.2, 0) is 0 Å². The number of nitriles is 1. The van der Waals surface area contributed by atoms with E-state index < -0.39 is 0 Å². The molecule has 0 heterocycles. The lowest BCUT2D eigenvalue weighted by Gasteiger charge is -2.14. The van der Waals surface area contributed by atoms with Gasteiger partial charge in [-0.25, -0.2) is 0 Å². The first-order chi connectivity index (χ1) is 7.53. The van der Waals surface area contributed by atoms with Crippen molar-refractivity contribution in [2.75, 3.05) is 6.61 Å². The maximum Gasteiger partial charge on any atom is 0.119 e. The zero-order valence-corrected chi connectivity index (χ0v) is 11.3. The second-order valence-electron chi connectivity index (χ2n) is 4.40. The van der Waals surface area contributed by atoms with Crippen molar-refractivity contribution >= 4 is 15.9 Å². The van der Waals surface area contributed by atoms with E-state index in [0.29, 0.717) is 6.61 Å². The third-order valence-corrected chi connectivity index (χ3v) is 2.86. The molecular weight excluding hydrogens is 266 g/mol. The van der Waals surface area contributed by atoms with E-state index in [1.54, 1.807) is 0 Å². The van der Waals surface area contributed by atoms with Crippen LogP contribution in [0.25, 0.3) is 0 Å². The number of hydrogen-bond donors (Lipinski definition) is 0. The molecule has 0 aliphatic rings.